The maximum atomic E-state index is 9.48. The molecule has 0 saturated carbocycles. The van der Waals surface area contributed by atoms with Crippen molar-refractivity contribution in [1.82, 2.24) is 0 Å². The Bertz CT molecular complexity index is 741. The second kappa shape index (κ2) is 6.11. The van der Waals surface area contributed by atoms with Crippen LogP contribution in [0.25, 0.3) is 11.1 Å². The lowest BCUT2D eigenvalue weighted by Gasteiger charge is -2.13. The van der Waals surface area contributed by atoms with Gasteiger partial charge in [0.05, 0.1) is 0 Å². The van der Waals surface area contributed by atoms with Crippen molar-refractivity contribution in [1.29, 1.82) is 0 Å². The van der Waals surface area contributed by atoms with Crippen molar-refractivity contribution in [3.05, 3.63) is 71.8 Å². The summed E-state index contributed by atoms with van der Waals surface area (Å²) in [4.78, 5) is 0. The molecule has 0 aliphatic rings. The van der Waals surface area contributed by atoms with Crippen LogP contribution in [-0.2, 0) is 0 Å². The number of aromatic hydroxyl groups is 2. The average Bonchev–Trinajstić information content (AvgIpc) is 2.51. The molecule has 0 heterocycles. The quantitative estimate of drug-likeness (QED) is 0.801. The molecule has 0 bridgehead atoms. The summed E-state index contributed by atoms with van der Waals surface area (Å²) in [5.41, 5.74) is 1.30. The highest BCUT2D eigenvalue weighted by atomic mass is 16.3. The van der Waals surface area contributed by atoms with Gasteiger partial charge >= 0.3 is 0 Å². The molecule has 20 heavy (non-hydrogen) atoms. The van der Waals surface area contributed by atoms with Crippen LogP contribution in [0.2, 0.25) is 0 Å². The number of allylic oxidation sites excluding steroid dienone is 4. The topological polar surface area (TPSA) is 40.5 Å². The minimum absolute atomic E-state index is 0.00738. The van der Waals surface area contributed by atoms with Gasteiger partial charge in [0, 0.05) is 8.22 Å². The van der Waals surface area contributed by atoms with E-state index in [-0.39, 0.29) is 22.6 Å². The summed E-state index contributed by atoms with van der Waals surface area (Å²) in [5.74, 6) is 0.0148. The Morgan fingerprint density at radius 3 is 1.40 bits per heavy atom. The summed E-state index contributed by atoms with van der Waals surface area (Å²) in [6.45, 7) is -4.89. The first-order valence-electron chi connectivity index (χ1n) is 8.99. The molecule has 0 saturated heterocycles. The minimum atomic E-state index is -2.45. The Labute approximate surface area is 127 Å². The number of benzene rings is 2. The summed E-state index contributed by atoms with van der Waals surface area (Å²) >= 11 is 0. The van der Waals surface area contributed by atoms with E-state index in [1.807, 2.05) is 0 Å². The first-order chi connectivity index (χ1) is 11.9. The largest absolute Gasteiger partial charge is 0.508 e. The second-order valence-electron chi connectivity index (χ2n) is 4.21. The summed E-state index contributed by atoms with van der Waals surface area (Å²) < 4.78 is 45.4. The standard InChI is InChI=1S/C18H18O2/c1-3-17(13-5-9-15(19)10-6-13)18(4-2)14-7-11-16(20)12-8-14/h3-12,19-20H,1-2H3/b17-3+,18-4+/i1D3,2D3. The molecule has 0 unspecified atom stereocenters. The summed E-state index contributed by atoms with van der Waals surface area (Å²) in [5, 5.41) is 19.0. The maximum Gasteiger partial charge on any atom is 0.115 e. The van der Waals surface area contributed by atoms with Crippen LogP contribution in [-0.4, -0.2) is 10.2 Å². The van der Waals surface area contributed by atoms with Crippen LogP contribution in [0, 0.1) is 0 Å². The normalized spacial score (nSPS) is 18.2. The molecule has 0 aliphatic carbocycles. The Morgan fingerprint density at radius 2 is 1.10 bits per heavy atom. The highest BCUT2D eigenvalue weighted by molar-refractivity contribution is 6.04. The molecule has 2 nitrogen and oxygen atoms in total. The molecule has 0 aromatic heterocycles. The third-order valence-corrected chi connectivity index (χ3v) is 2.94. The van der Waals surface area contributed by atoms with Gasteiger partial charge in [-0.2, -0.15) is 0 Å². The molecule has 0 amide bonds. The second-order valence-corrected chi connectivity index (χ2v) is 4.21. The van der Waals surface area contributed by atoms with E-state index in [1.54, 1.807) is 0 Å². The Hall–Kier alpha value is -2.48. The third kappa shape index (κ3) is 2.91. The molecule has 0 fully saturated rings. The fourth-order valence-corrected chi connectivity index (χ4v) is 1.92. The van der Waals surface area contributed by atoms with Crippen LogP contribution in [0.1, 0.15) is 33.1 Å². The van der Waals surface area contributed by atoms with Gasteiger partial charge in [-0.3, -0.25) is 0 Å². The highest BCUT2D eigenvalue weighted by Gasteiger charge is 2.09. The number of phenolic OH excluding ortho intramolecular Hbond substituents is 2. The Kier molecular flexibility index (Phi) is 2.43. The predicted molar refractivity (Wildman–Crippen MR) is 83.5 cm³/mol. The van der Waals surface area contributed by atoms with E-state index in [2.05, 4.69) is 0 Å². The van der Waals surface area contributed by atoms with Crippen LogP contribution in [0.4, 0.5) is 0 Å². The minimum Gasteiger partial charge on any atom is -0.508 e. The molecule has 2 rings (SSSR count). The van der Waals surface area contributed by atoms with E-state index in [0.29, 0.717) is 11.1 Å². The van der Waals surface area contributed by atoms with Crippen molar-refractivity contribution in [2.75, 3.05) is 0 Å². The van der Waals surface area contributed by atoms with Crippen molar-refractivity contribution in [2.45, 2.75) is 13.7 Å². The van der Waals surface area contributed by atoms with Crippen molar-refractivity contribution >= 4 is 11.1 Å². The third-order valence-electron chi connectivity index (χ3n) is 2.94. The lowest BCUT2D eigenvalue weighted by Crippen LogP contribution is -1.90. The number of phenols is 2. The van der Waals surface area contributed by atoms with Crippen LogP contribution in [0.15, 0.2) is 60.7 Å². The molecular formula is C18H18O2. The van der Waals surface area contributed by atoms with Crippen LogP contribution in [0.5, 0.6) is 11.5 Å². The molecule has 0 aliphatic heterocycles. The zero-order valence-corrected chi connectivity index (χ0v) is 10.7. The monoisotopic (exact) mass is 272 g/mol. The van der Waals surface area contributed by atoms with Gasteiger partial charge in [-0.25, -0.2) is 0 Å². The van der Waals surface area contributed by atoms with Gasteiger partial charge in [-0.15, -0.1) is 0 Å². The van der Waals surface area contributed by atoms with E-state index >= 15 is 0 Å². The number of hydrogen-bond donors (Lipinski definition) is 2. The SMILES string of the molecule is [2H]C([2H])([2H])/C=C(/C(=C/C([2H])([2H])[2H])c1ccc(O)cc1)c1ccc(O)cc1. The molecule has 0 radical (unpaired) electrons. The van der Waals surface area contributed by atoms with E-state index in [4.69, 9.17) is 8.22 Å². The fraction of sp³-hybridized carbons (Fsp3) is 0.111. The highest BCUT2D eigenvalue weighted by Crippen LogP contribution is 2.32. The van der Waals surface area contributed by atoms with Crippen LogP contribution < -0.4 is 0 Å². The van der Waals surface area contributed by atoms with E-state index in [9.17, 15) is 10.2 Å². The van der Waals surface area contributed by atoms with Crippen LogP contribution in [0.3, 0.4) is 0 Å². The van der Waals surface area contributed by atoms with Crippen molar-refractivity contribution in [3.8, 4) is 11.5 Å². The van der Waals surface area contributed by atoms with Crippen molar-refractivity contribution < 1.29 is 18.4 Å². The summed E-state index contributed by atoms with van der Waals surface area (Å²) in [6.07, 6.45) is 2.04. The van der Waals surface area contributed by atoms with Gasteiger partial charge in [0.1, 0.15) is 11.5 Å². The molecule has 0 atom stereocenters. The summed E-state index contributed by atoms with van der Waals surface area (Å²) in [7, 11) is 0. The Balaban J connectivity index is 2.73. The number of rotatable bonds is 3. The van der Waals surface area contributed by atoms with Crippen LogP contribution >= 0.6 is 0 Å². The first-order valence-corrected chi connectivity index (χ1v) is 5.99. The van der Waals surface area contributed by atoms with E-state index < -0.39 is 13.7 Å². The van der Waals surface area contributed by atoms with Gasteiger partial charge in [-0.05, 0) is 60.2 Å². The lowest BCUT2D eigenvalue weighted by atomic mass is 9.92. The van der Waals surface area contributed by atoms with E-state index in [0.717, 1.165) is 12.2 Å². The molecule has 0 spiro atoms. The van der Waals surface area contributed by atoms with Crippen molar-refractivity contribution in [2.24, 2.45) is 0 Å². The zero-order valence-electron chi connectivity index (χ0n) is 16.7. The predicted octanol–water partition coefficient (Wildman–Crippen LogP) is 4.60. The Morgan fingerprint density at radius 1 is 0.750 bits per heavy atom. The van der Waals surface area contributed by atoms with Gasteiger partial charge in [-0.1, -0.05) is 36.4 Å². The molecule has 2 heteroatoms. The summed E-state index contributed by atoms with van der Waals surface area (Å²) in [6, 6.07) is 11.6. The zero-order chi connectivity index (χ0) is 19.5. The lowest BCUT2D eigenvalue weighted by molar-refractivity contribution is 0.474. The van der Waals surface area contributed by atoms with Gasteiger partial charge in [0.25, 0.3) is 0 Å². The van der Waals surface area contributed by atoms with Crippen molar-refractivity contribution in [3.63, 3.8) is 0 Å². The average molecular weight is 272 g/mol. The molecule has 2 N–H and O–H groups in total. The van der Waals surface area contributed by atoms with Gasteiger partial charge < -0.3 is 10.2 Å². The molecule has 2 aromatic rings. The van der Waals surface area contributed by atoms with E-state index in [1.165, 1.54) is 48.5 Å². The maximum absolute atomic E-state index is 9.48. The number of hydrogen-bond acceptors (Lipinski definition) is 2. The fourth-order valence-electron chi connectivity index (χ4n) is 1.92. The first kappa shape index (κ1) is 7.95. The van der Waals surface area contributed by atoms with Gasteiger partial charge in [0.2, 0.25) is 0 Å². The molecular weight excluding hydrogens is 248 g/mol. The smallest absolute Gasteiger partial charge is 0.115 e. The van der Waals surface area contributed by atoms with Gasteiger partial charge in [0.15, 0.2) is 0 Å². The molecule has 102 valence electrons. The molecule has 2 aromatic carbocycles.